The van der Waals surface area contributed by atoms with Crippen LogP contribution in [0, 0.1) is 10.1 Å². The van der Waals surface area contributed by atoms with Crippen LogP contribution in [-0.4, -0.2) is 9.91 Å². The van der Waals surface area contributed by atoms with Gasteiger partial charge >= 0.3 is 0 Å². The first kappa shape index (κ1) is 12.2. The summed E-state index contributed by atoms with van der Waals surface area (Å²) < 4.78 is 5.50. The monoisotopic (exact) mass is 269 g/mol. The molecular formula is C14H11N3O3. The van der Waals surface area contributed by atoms with Crippen molar-refractivity contribution in [2.24, 2.45) is 0 Å². The zero-order valence-electron chi connectivity index (χ0n) is 10.4. The van der Waals surface area contributed by atoms with Crippen molar-refractivity contribution in [3.63, 3.8) is 0 Å². The standard InChI is InChI=1S/C14H11N3O3/c18-17(19)12-7-3-1-5-10(12)9-15-14-16-11-6-2-4-8-13(11)20-14/h1-8H,9H2,(H,15,16). The van der Waals surface area contributed by atoms with Gasteiger partial charge in [-0.1, -0.05) is 30.3 Å². The molecule has 0 radical (unpaired) electrons. The quantitative estimate of drug-likeness (QED) is 0.580. The van der Waals surface area contributed by atoms with Crippen LogP contribution in [0.2, 0.25) is 0 Å². The Morgan fingerprint density at radius 1 is 1.15 bits per heavy atom. The lowest BCUT2D eigenvalue weighted by Crippen LogP contribution is -2.02. The highest BCUT2D eigenvalue weighted by atomic mass is 16.6. The minimum Gasteiger partial charge on any atom is -0.424 e. The molecule has 3 rings (SSSR count). The first-order valence-electron chi connectivity index (χ1n) is 6.06. The molecule has 0 unspecified atom stereocenters. The normalized spacial score (nSPS) is 10.6. The highest BCUT2D eigenvalue weighted by Gasteiger charge is 2.13. The predicted octanol–water partition coefficient (Wildman–Crippen LogP) is 3.35. The van der Waals surface area contributed by atoms with Crippen molar-refractivity contribution < 1.29 is 9.34 Å². The maximum Gasteiger partial charge on any atom is 0.295 e. The number of benzene rings is 2. The van der Waals surface area contributed by atoms with Gasteiger partial charge in [0, 0.05) is 11.6 Å². The lowest BCUT2D eigenvalue weighted by atomic mass is 10.2. The first-order valence-corrected chi connectivity index (χ1v) is 6.06. The second-order valence-electron chi connectivity index (χ2n) is 4.23. The highest BCUT2D eigenvalue weighted by Crippen LogP contribution is 2.21. The van der Waals surface area contributed by atoms with E-state index in [2.05, 4.69) is 10.3 Å². The number of nitrogens with one attached hydrogen (secondary N) is 1. The van der Waals surface area contributed by atoms with Gasteiger partial charge in [0.15, 0.2) is 5.58 Å². The Balaban J connectivity index is 1.81. The summed E-state index contributed by atoms with van der Waals surface area (Å²) in [7, 11) is 0. The summed E-state index contributed by atoms with van der Waals surface area (Å²) in [6.07, 6.45) is 0. The van der Waals surface area contributed by atoms with Crippen molar-refractivity contribution >= 4 is 22.8 Å². The molecule has 100 valence electrons. The number of fused-ring (bicyclic) bond motifs is 1. The van der Waals surface area contributed by atoms with Gasteiger partial charge in [-0.25, -0.2) is 0 Å². The zero-order valence-corrected chi connectivity index (χ0v) is 10.4. The van der Waals surface area contributed by atoms with Crippen molar-refractivity contribution in [1.82, 2.24) is 4.98 Å². The molecule has 0 spiro atoms. The number of aromatic nitrogens is 1. The van der Waals surface area contributed by atoms with E-state index in [1.54, 1.807) is 18.2 Å². The van der Waals surface area contributed by atoms with E-state index in [1.807, 2.05) is 24.3 Å². The molecule has 0 amide bonds. The summed E-state index contributed by atoms with van der Waals surface area (Å²) >= 11 is 0. The summed E-state index contributed by atoms with van der Waals surface area (Å²) in [4.78, 5) is 14.8. The van der Waals surface area contributed by atoms with Gasteiger partial charge in [0.2, 0.25) is 0 Å². The third kappa shape index (κ3) is 2.31. The number of oxazole rings is 1. The van der Waals surface area contributed by atoms with Crippen molar-refractivity contribution in [1.29, 1.82) is 0 Å². The van der Waals surface area contributed by atoms with Crippen molar-refractivity contribution in [3.8, 4) is 0 Å². The Bertz CT molecular complexity index is 734. The Kier molecular flexibility index (Phi) is 3.04. The molecule has 0 bridgehead atoms. The molecule has 2 aromatic carbocycles. The van der Waals surface area contributed by atoms with Crippen LogP contribution < -0.4 is 5.32 Å². The molecule has 1 heterocycles. The van der Waals surface area contributed by atoms with Crippen molar-refractivity contribution in [2.75, 3.05) is 5.32 Å². The summed E-state index contributed by atoms with van der Waals surface area (Å²) in [5.41, 5.74) is 2.09. The van der Waals surface area contributed by atoms with E-state index < -0.39 is 4.92 Å². The molecule has 6 nitrogen and oxygen atoms in total. The first-order chi connectivity index (χ1) is 9.74. The van der Waals surface area contributed by atoms with Crippen molar-refractivity contribution in [3.05, 3.63) is 64.2 Å². The molecule has 0 aliphatic carbocycles. The van der Waals surface area contributed by atoms with Gasteiger partial charge in [0.05, 0.1) is 11.5 Å². The minimum atomic E-state index is -0.400. The summed E-state index contributed by atoms with van der Waals surface area (Å²) in [5.74, 6) is 0. The SMILES string of the molecule is O=[N+]([O-])c1ccccc1CNc1nc2ccccc2o1. The molecule has 0 aliphatic rings. The van der Waals surface area contributed by atoms with Gasteiger partial charge in [-0.2, -0.15) is 4.98 Å². The van der Waals surface area contributed by atoms with Crippen LogP contribution in [0.15, 0.2) is 52.9 Å². The van der Waals surface area contributed by atoms with Gasteiger partial charge in [-0.05, 0) is 12.1 Å². The molecule has 20 heavy (non-hydrogen) atoms. The lowest BCUT2D eigenvalue weighted by Gasteiger charge is -2.02. The van der Waals surface area contributed by atoms with Crippen LogP contribution in [-0.2, 0) is 6.54 Å². The van der Waals surface area contributed by atoms with Gasteiger partial charge in [-0.3, -0.25) is 10.1 Å². The Hall–Kier alpha value is -2.89. The Labute approximate surface area is 114 Å². The van der Waals surface area contributed by atoms with E-state index in [0.29, 0.717) is 17.2 Å². The Morgan fingerprint density at radius 2 is 1.90 bits per heavy atom. The van der Waals surface area contributed by atoms with Gasteiger partial charge in [-0.15, -0.1) is 0 Å². The molecule has 0 aliphatic heterocycles. The van der Waals surface area contributed by atoms with Crippen LogP contribution in [0.25, 0.3) is 11.1 Å². The fourth-order valence-electron chi connectivity index (χ4n) is 1.96. The summed E-state index contributed by atoms with van der Waals surface area (Å²) in [6, 6.07) is 14.3. The molecule has 1 aromatic heterocycles. The number of anilines is 1. The highest BCUT2D eigenvalue weighted by molar-refractivity contribution is 5.74. The third-order valence-electron chi connectivity index (χ3n) is 2.91. The van der Waals surface area contributed by atoms with Gasteiger partial charge in [0.1, 0.15) is 5.52 Å². The molecular weight excluding hydrogens is 258 g/mol. The van der Waals surface area contributed by atoms with Crippen molar-refractivity contribution in [2.45, 2.75) is 6.54 Å². The van der Waals surface area contributed by atoms with E-state index in [9.17, 15) is 10.1 Å². The third-order valence-corrected chi connectivity index (χ3v) is 2.91. The summed E-state index contributed by atoms with van der Waals surface area (Å²) in [6.45, 7) is 0.282. The van der Waals surface area contributed by atoms with Crippen LogP contribution in [0.4, 0.5) is 11.7 Å². The molecule has 0 fully saturated rings. The largest absolute Gasteiger partial charge is 0.424 e. The second-order valence-corrected chi connectivity index (χ2v) is 4.23. The van der Waals surface area contributed by atoms with E-state index in [0.717, 1.165) is 5.52 Å². The fraction of sp³-hybridized carbons (Fsp3) is 0.0714. The molecule has 1 N–H and O–H groups in total. The zero-order chi connectivity index (χ0) is 13.9. The van der Waals surface area contributed by atoms with Gasteiger partial charge < -0.3 is 9.73 Å². The van der Waals surface area contributed by atoms with Crippen LogP contribution in [0.1, 0.15) is 5.56 Å². The van der Waals surface area contributed by atoms with Crippen LogP contribution in [0.5, 0.6) is 0 Å². The van der Waals surface area contributed by atoms with Crippen LogP contribution >= 0.6 is 0 Å². The fourth-order valence-corrected chi connectivity index (χ4v) is 1.96. The number of nitrogens with zero attached hydrogens (tertiary/aromatic N) is 2. The van der Waals surface area contributed by atoms with Gasteiger partial charge in [0.25, 0.3) is 11.7 Å². The predicted molar refractivity (Wildman–Crippen MR) is 74.4 cm³/mol. The maximum atomic E-state index is 10.9. The average Bonchev–Trinajstić information content (AvgIpc) is 2.88. The second kappa shape index (κ2) is 5.00. The van der Waals surface area contributed by atoms with E-state index in [4.69, 9.17) is 4.42 Å². The molecule has 0 saturated carbocycles. The average molecular weight is 269 g/mol. The van der Waals surface area contributed by atoms with E-state index in [-0.39, 0.29) is 12.2 Å². The number of hydrogen-bond donors (Lipinski definition) is 1. The molecule has 6 heteroatoms. The Morgan fingerprint density at radius 3 is 2.70 bits per heavy atom. The number of nitro groups is 1. The lowest BCUT2D eigenvalue weighted by molar-refractivity contribution is -0.385. The van der Waals surface area contributed by atoms with E-state index >= 15 is 0 Å². The van der Waals surface area contributed by atoms with E-state index in [1.165, 1.54) is 6.07 Å². The number of para-hydroxylation sites is 3. The number of hydrogen-bond acceptors (Lipinski definition) is 5. The molecule has 0 saturated heterocycles. The molecule has 3 aromatic rings. The topological polar surface area (TPSA) is 81.2 Å². The number of nitro benzene ring substituents is 1. The maximum absolute atomic E-state index is 10.9. The smallest absolute Gasteiger partial charge is 0.295 e. The van der Waals surface area contributed by atoms with Crippen LogP contribution in [0.3, 0.4) is 0 Å². The number of rotatable bonds is 4. The summed E-state index contributed by atoms with van der Waals surface area (Å²) in [5, 5.41) is 13.9. The minimum absolute atomic E-state index is 0.0797. The molecule has 0 atom stereocenters.